The van der Waals surface area contributed by atoms with Crippen molar-refractivity contribution in [2.24, 2.45) is 23.7 Å². The van der Waals surface area contributed by atoms with Crippen molar-refractivity contribution in [3.8, 4) is 0 Å². The third-order valence-corrected chi connectivity index (χ3v) is 8.81. The lowest BCUT2D eigenvalue weighted by Crippen LogP contribution is -2.48. The number of ether oxygens (including phenoxy) is 2. The van der Waals surface area contributed by atoms with E-state index in [0.29, 0.717) is 37.9 Å². The van der Waals surface area contributed by atoms with Gasteiger partial charge in [0.2, 0.25) is 0 Å². The molecule has 8 nitrogen and oxygen atoms in total. The molecule has 196 valence electrons. The summed E-state index contributed by atoms with van der Waals surface area (Å²) >= 11 is 0. The predicted octanol–water partition coefficient (Wildman–Crippen LogP) is 4.42. The Hall–Kier alpha value is -1.22. The monoisotopic (exact) mass is 482 g/mol. The Bertz CT molecular complexity index is 705. The van der Waals surface area contributed by atoms with Crippen LogP contribution in [-0.4, -0.2) is 67.8 Å². The van der Waals surface area contributed by atoms with Crippen LogP contribution in [0, 0.1) is 23.7 Å². The number of carbonyl (C=O) groups is 2. The highest BCUT2D eigenvalue weighted by atomic mass is 16.5. The number of nitrogens with zero attached hydrogens (tertiary/aromatic N) is 2. The SMILES string of the molecule is CC1(C)CC(C(=O)OCC2CCC(COC(=O)C3CC(C)(C)N(O)C3(C)C)CC2)C(C)(C)N1O. The summed E-state index contributed by atoms with van der Waals surface area (Å²) in [7, 11) is 0. The zero-order chi connectivity index (χ0) is 25.7. The maximum Gasteiger partial charge on any atom is 0.310 e. The van der Waals surface area contributed by atoms with Gasteiger partial charge < -0.3 is 19.9 Å². The van der Waals surface area contributed by atoms with Crippen molar-refractivity contribution >= 4 is 11.9 Å². The van der Waals surface area contributed by atoms with Crippen LogP contribution in [0.1, 0.15) is 93.9 Å². The van der Waals surface area contributed by atoms with Gasteiger partial charge in [-0.1, -0.05) is 0 Å². The second-order valence-electron chi connectivity index (χ2n) is 13.2. The van der Waals surface area contributed by atoms with Crippen molar-refractivity contribution < 1.29 is 29.5 Å². The molecule has 0 spiro atoms. The fraction of sp³-hybridized carbons (Fsp3) is 0.923. The van der Waals surface area contributed by atoms with Crippen LogP contribution in [0.3, 0.4) is 0 Å². The molecule has 0 radical (unpaired) electrons. The summed E-state index contributed by atoms with van der Waals surface area (Å²) in [6, 6.07) is 0. The molecule has 0 bridgehead atoms. The van der Waals surface area contributed by atoms with Gasteiger partial charge in [0, 0.05) is 11.1 Å². The summed E-state index contributed by atoms with van der Waals surface area (Å²) in [5.41, 5.74) is -2.22. The first-order chi connectivity index (χ1) is 15.5. The molecule has 2 aliphatic heterocycles. The summed E-state index contributed by atoms with van der Waals surface area (Å²) in [6.07, 6.45) is 4.88. The Morgan fingerprint density at radius 1 is 0.676 bits per heavy atom. The minimum absolute atomic E-state index is 0.231. The molecular formula is C26H46N2O6. The number of hydrogen-bond acceptors (Lipinski definition) is 8. The highest BCUT2D eigenvalue weighted by molar-refractivity contribution is 5.75. The Balaban J connectivity index is 1.41. The molecule has 2 unspecified atom stereocenters. The number of esters is 2. The molecule has 0 aromatic heterocycles. The van der Waals surface area contributed by atoms with Crippen LogP contribution >= 0.6 is 0 Å². The molecule has 34 heavy (non-hydrogen) atoms. The molecule has 0 amide bonds. The van der Waals surface area contributed by atoms with Crippen molar-refractivity contribution in [1.82, 2.24) is 10.1 Å². The highest BCUT2D eigenvalue weighted by Gasteiger charge is 2.56. The lowest BCUT2D eigenvalue weighted by atomic mass is 9.82. The van der Waals surface area contributed by atoms with Gasteiger partial charge in [0.15, 0.2) is 0 Å². The molecule has 2 atom stereocenters. The Morgan fingerprint density at radius 3 is 1.21 bits per heavy atom. The number of carbonyl (C=O) groups excluding carboxylic acids is 2. The molecule has 2 heterocycles. The van der Waals surface area contributed by atoms with Gasteiger partial charge in [-0.25, -0.2) is 0 Å². The Labute approximate surface area is 204 Å². The summed E-state index contributed by atoms with van der Waals surface area (Å²) in [5, 5.41) is 23.5. The number of rotatable bonds is 6. The van der Waals surface area contributed by atoms with Crippen molar-refractivity contribution in [3.63, 3.8) is 0 Å². The van der Waals surface area contributed by atoms with Crippen LogP contribution in [0.4, 0.5) is 0 Å². The summed E-state index contributed by atoms with van der Waals surface area (Å²) < 4.78 is 11.4. The van der Waals surface area contributed by atoms with Gasteiger partial charge in [0.25, 0.3) is 0 Å². The number of hydroxylamine groups is 4. The zero-order valence-electron chi connectivity index (χ0n) is 22.4. The van der Waals surface area contributed by atoms with E-state index in [2.05, 4.69) is 0 Å². The smallest absolute Gasteiger partial charge is 0.310 e. The fourth-order valence-electron chi connectivity index (χ4n) is 6.44. The summed E-state index contributed by atoms with van der Waals surface area (Å²) in [6.45, 7) is 16.1. The lowest BCUT2D eigenvalue weighted by molar-refractivity contribution is -0.200. The molecule has 0 aromatic carbocycles. The van der Waals surface area contributed by atoms with Gasteiger partial charge in [0.1, 0.15) is 0 Å². The molecule has 1 saturated carbocycles. The first-order valence-electron chi connectivity index (χ1n) is 12.8. The largest absolute Gasteiger partial charge is 0.465 e. The van der Waals surface area contributed by atoms with E-state index < -0.39 is 22.2 Å². The lowest BCUT2D eigenvalue weighted by Gasteiger charge is -2.35. The van der Waals surface area contributed by atoms with E-state index in [1.165, 1.54) is 10.1 Å². The summed E-state index contributed by atoms with van der Waals surface area (Å²) in [5.74, 6) is -0.547. The predicted molar refractivity (Wildman–Crippen MR) is 127 cm³/mol. The number of hydrogen-bond donors (Lipinski definition) is 2. The quantitative estimate of drug-likeness (QED) is 0.537. The molecule has 3 aliphatic rings. The van der Waals surface area contributed by atoms with Crippen LogP contribution in [-0.2, 0) is 19.1 Å². The van der Waals surface area contributed by atoms with E-state index in [0.717, 1.165) is 25.7 Å². The summed E-state index contributed by atoms with van der Waals surface area (Å²) in [4.78, 5) is 25.6. The first-order valence-corrected chi connectivity index (χ1v) is 12.8. The molecule has 0 aromatic rings. The Kier molecular flexibility index (Phi) is 7.52. The molecule has 3 fully saturated rings. The van der Waals surface area contributed by atoms with E-state index in [-0.39, 0.29) is 23.8 Å². The molecule has 3 rings (SSSR count). The van der Waals surface area contributed by atoms with Crippen LogP contribution in [0.15, 0.2) is 0 Å². The van der Waals surface area contributed by atoms with Crippen molar-refractivity contribution in [2.45, 2.75) is 116 Å². The van der Waals surface area contributed by atoms with Crippen LogP contribution in [0.5, 0.6) is 0 Å². The molecule has 2 saturated heterocycles. The molecular weight excluding hydrogens is 436 g/mol. The van der Waals surface area contributed by atoms with E-state index in [1.807, 2.05) is 55.4 Å². The highest BCUT2D eigenvalue weighted by Crippen LogP contribution is 2.45. The van der Waals surface area contributed by atoms with Gasteiger partial charge >= 0.3 is 11.9 Å². The van der Waals surface area contributed by atoms with Gasteiger partial charge in [-0.05, 0) is 106 Å². The van der Waals surface area contributed by atoms with Gasteiger partial charge in [-0.15, -0.1) is 0 Å². The van der Waals surface area contributed by atoms with Gasteiger partial charge in [0.05, 0.1) is 36.1 Å². The average Bonchev–Trinajstić information content (AvgIpc) is 3.03. The van der Waals surface area contributed by atoms with Crippen LogP contribution in [0.25, 0.3) is 0 Å². The minimum Gasteiger partial charge on any atom is -0.465 e. The van der Waals surface area contributed by atoms with Crippen LogP contribution < -0.4 is 0 Å². The normalized spacial score (nSPS) is 34.6. The van der Waals surface area contributed by atoms with Crippen molar-refractivity contribution in [3.05, 3.63) is 0 Å². The Morgan fingerprint density at radius 2 is 0.971 bits per heavy atom. The molecule has 2 N–H and O–H groups in total. The van der Waals surface area contributed by atoms with Crippen LogP contribution in [0.2, 0.25) is 0 Å². The fourth-order valence-corrected chi connectivity index (χ4v) is 6.44. The second kappa shape index (κ2) is 9.34. The average molecular weight is 483 g/mol. The van der Waals surface area contributed by atoms with Gasteiger partial charge in [-0.2, -0.15) is 10.1 Å². The van der Waals surface area contributed by atoms with E-state index >= 15 is 0 Å². The van der Waals surface area contributed by atoms with Gasteiger partial charge in [-0.3, -0.25) is 9.59 Å². The van der Waals surface area contributed by atoms with E-state index in [1.54, 1.807) is 0 Å². The third kappa shape index (κ3) is 5.15. The maximum absolute atomic E-state index is 12.8. The minimum atomic E-state index is -0.654. The standard InChI is InChI=1S/C26H46N2O6/c1-23(2)13-19(25(5,6)27(23)31)21(29)33-15-17-9-11-18(12-10-17)16-34-22(30)20-14-24(3,4)28(32)26(20,7)8/h17-20,31-32H,9-16H2,1-8H3. The zero-order valence-corrected chi connectivity index (χ0v) is 22.4. The maximum atomic E-state index is 12.8. The first kappa shape index (κ1) is 27.4. The van der Waals surface area contributed by atoms with E-state index in [9.17, 15) is 20.0 Å². The molecule has 8 heteroatoms. The third-order valence-electron chi connectivity index (χ3n) is 8.81. The molecule has 1 aliphatic carbocycles. The topological polar surface area (TPSA) is 99.5 Å². The van der Waals surface area contributed by atoms with Crippen molar-refractivity contribution in [2.75, 3.05) is 13.2 Å². The second-order valence-corrected chi connectivity index (χ2v) is 13.2. The van der Waals surface area contributed by atoms with Crippen molar-refractivity contribution in [1.29, 1.82) is 0 Å². The van der Waals surface area contributed by atoms with E-state index in [4.69, 9.17) is 9.47 Å².